The number of rotatable bonds is 4. The van der Waals surface area contributed by atoms with Crippen LogP contribution >= 0.6 is 15.9 Å². The molecule has 3 unspecified atom stereocenters. The van der Waals surface area contributed by atoms with E-state index < -0.39 is 0 Å². The van der Waals surface area contributed by atoms with Gasteiger partial charge in [0, 0.05) is 12.4 Å². The van der Waals surface area contributed by atoms with Crippen LogP contribution in [-0.4, -0.2) is 18.5 Å². The summed E-state index contributed by atoms with van der Waals surface area (Å²) >= 11 is 3.58. The van der Waals surface area contributed by atoms with Crippen LogP contribution in [0.1, 0.15) is 26.7 Å². The first kappa shape index (κ1) is 9.53. The molecule has 0 aromatic rings. The molecule has 3 atom stereocenters. The van der Waals surface area contributed by atoms with E-state index >= 15 is 0 Å². The minimum atomic E-state index is 0.414. The van der Waals surface area contributed by atoms with Gasteiger partial charge in [-0.15, -0.1) is 0 Å². The largest absolute Gasteiger partial charge is 0.382 e. The fourth-order valence-electron chi connectivity index (χ4n) is 1.73. The normalized spacial score (nSPS) is 38.7. The average molecular weight is 221 g/mol. The van der Waals surface area contributed by atoms with Crippen LogP contribution in [0.5, 0.6) is 0 Å². The van der Waals surface area contributed by atoms with Crippen LogP contribution in [0.15, 0.2) is 0 Å². The number of methoxy groups -OCH3 is 1. The molecule has 0 aliphatic heterocycles. The molecule has 0 saturated heterocycles. The lowest BCUT2D eigenvalue weighted by atomic mass is 9.99. The van der Waals surface area contributed by atoms with Crippen LogP contribution in [0.2, 0.25) is 0 Å². The summed E-state index contributed by atoms with van der Waals surface area (Å²) in [7, 11) is 1.79. The second-order valence-corrected chi connectivity index (χ2v) is 4.41. The molecule has 0 N–H and O–H groups in total. The Labute approximate surface area is 77.6 Å². The SMILES string of the molecule is COC(C)CC1(CBr)CC1C. The maximum atomic E-state index is 5.26. The first-order valence-corrected chi connectivity index (χ1v) is 5.35. The molecule has 2 heteroatoms. The molecular formula is C9H17BrO. The van der Waals surface area contributed by atoms with E-state index in [2.05, 4.69) is 29.8 Å². The van der Waals surface area contributed by atoms with Crippen molar-refractivity contribution in [1.29, 1.82) is 0 Å². The quantitative estimate of drug-likeness (QED) is 0.663. The molecule has 66 valence electrons. The molecule has 1 nitrogen and oxygen atoms in total. The van der Waals surface area contributed by atoms with E-state index in [9.17, 15) is 0 Å². The van der Waals surface area contributed by atoms with Crippen LogP contribution in [0.4, 0.5) is 0 Å². The van der Waals surface area contributed by atoms with Crippen molar-refractivity contribution in [3.63, 3.8) is 0 Å². The number of hydrogen-bond donors (Lipinski definition) is 0. The van der Waals surface area contributed by atoms with Crippen molar-refractivity contribution in [3.8, 4) is 0 Å². The molecule has 0 radical (unpaired) electrons. The molecule has 11 heavy (non-hydrogen) atoms. The van der Waals surface area contributed by atoms with Gasteiger partial charge in [-0.05, 0) is 31.1 Å². The minimum absolute atomic E-state index is 0.414. The molecule has 0 heterocycles. The predicted molar refractivity (Wildman–Crippen MR) is 51.1 cm³/mol. The van der Waals surface area contributed by atoms with Gasteiger partial charge >= 0.3 is 0 Å². The minimum Gasteiger partial charge on any atom is -0.382 e. The standard InChI is InChI=1S/C9H17BrO/c1-7-4-9(7,6-10)5-8(2)11-3/h7-8H,4-6H2,1-3H3. The number of alkyl halides is 1. The first-order valence-electron chi connectivity index (χ1n) is 4.23. The van der Waals surface area contributed by atoms with Gasteiger partial charge in [0.2, 0.25) is 0 Å². The Balaban J connectivity index is 2.35. The van der Waals surface area contributed by atoms with E-state index in [1.807, 2.05) is 0 Å². The van der Waals surface area contributed by atoms with Crippen molar-refractivity contribution in [2.24, 2.45) is 11.3 Å². The Hall–Kier alpha value is 0.440. The molecular weight excluding hydrogens is 204 g/mol. The third kappa shape index (κ3) is 1.97. The summed E-state index contributed by atoms with van der Waals surface area (Å²) in [4.78, 5) is 0. The number of halogens is 1. The maximum Gasteiger partial charge on any atom is 0.0548 e. The number of ether oxygens (including phenoxy) is 1. The van der Waals surface area contributed by atoms with Gasteiger partial charge in [0.1, 0.15) is 0 Å². The molecule has 1 aliphatic rings. The van der Waals surface area contributed by atoms with Crippen LogP contribution in [0.3, 0.4) is 0 Å². The summed E-state index contributed by atoms with van der Waals surface area (Å²) in [6.45, 7) is 4.47. The Morgan fingerprint density at radius 1 is 1.73 bits per heavy atom. The summed E-state index contributed by atoms with van der Waals surface area (Å²) in [5.74, 6) is 0.888. The smallest absolute Gasteiger partial charge is 0.0548 e. The Morgan fingerprint density at radius 3 is 2.55 bits per heavy atom. The highest BCUT2D eigenvalue weighted by atomic mass is 79.9. The third-order valence-electron chi connectivity index (χ3n) is 2.96. The van der Waals surface area contributed by atoms with Gasteiger partial charge in [-0.1, -0.05) is 22.9 Å². The lowest BCUT2D eigenvalue weighted by Crippen LogP contribution is -2.16. The highest BCUT2D eigenvalue weighted by Crippen LogP contribution is 2.56. The molecule has 0 amide bonds. The average Bonchev–Trinajstić information content (AvgIpc) is 2.62. The van der Waals surface area contributed by atoms with Crippen molar-refractivity contribution in [2.45, 2.75) is 32.8 Å². The van der Waals surface area contributed by atoms with Gasteiger partial charge < -0.3 is 4.74 Å². The van der Waals surface area contributed by atoms with E-state index in [0.29, 0.717) is 11.5 Å². The van der Waals surface area contributed by atoms with Crippen molar-refractivity contribution in [1.82, 2.24) is 0 Å². The molecule has 0 aromatic heterocycles. The van der Waals surface area contributed by atoms with Crippen LogP contribution in [0.25, 0.3) is 0 Å². The second kappa shape index (κ2) is 3.44. The van der Waals surface area contributed by atoms with E-state index in [1.165, 1.54) is 12.8 Å². The molecule has 1 saturated carbocycles. The second-order valence-electron chi connectivity index (χ2n) is 3.85. The highest BCUT2D eigenvalue weighted by molar-refractivity contribution is 9.09. The van der Waals surface area contributed by atoms with Crippen molar-refractivity contribution in [3.05, 3.63) is 0 Å². The van der Waals surface area contributed by atoms with E-state index in [1.54, 1.807) is 7.11 Å². The fraction of sp³-hybridized carbons (Fsp3) is 1.00. The Morgan fingerprint density at radius 2 is 2.27 bits per heavy atom. The van der Waals surface area contributed by atoms with Crippen molar-refractivity contribution in [2.75, 3.05) is 12.4 Å². The molecule has 1 fully saturated rings. The van der Waals surface area contributed by atoms with Gasteiger partial charge in [0.25, 0.3) is 0 Å². The van der Waals surface area contributed by atoms with E-state index in [4.69, 9.17) is 4.74 Å². The van der Waals surface area contributed by atoms with Gasteiger partial charge in [-0.3, -0.25) is 0 Å². The van der Waals surface area contributed by atoms with E-state index in [-0.39, 0.29) is 0 Å². The predicted octanol–water partition coefficient (Wildman–Crippen LogP) is 2.83. The van der Waals surface area contributed by atoms with Gasteiger partial charge in [0.05, 0.1) is 6.10 Å². The van der Waals surface area contributed by atoms with Gasteiger partial charge in [0.15, 0.2) is 0 Å². The first-order chi connectivity index (χ1) is 5.14. The summed E-state index contributed by atoms with van der Waals surface area (Å²) in [5.41, 5.74) is 0.565. The summed E-state index contributed by atoms with van der Waals surface area (Å²) in [6, 6.07) is 0. The summed E-state index contributed by atoms with van der Waals surface area (Å²) in [6.07, 6.45) is 2.99. The Bertz CT molecular complexity index is 134. The highest BCUT2D eigenvalue weighted by Gasteiger charge is 2.50. The zero-order valence-corrected chi connectivity index (χ0v) is 9.15. The maximum absolute atomic E-state index is 5.26. The summed E-state index contributed by atoms with van der Waals surface area (Å²) < 4.78 is 5.26. The van der Waals surface area contributed by atoms with Gasteiger partial charge in [-0.2, -0.15) is 0 Å². The topological polar surface area (TPSA) is 9.23 Å². The van der Waals surface area contributed by atoms with Crippen molar-refractivity contribution >= 4 is 15.9 Å². The van der Waals surface area contributed by atoms with Gasteiger partial charge in [-0.25, -0.2) is 0 Å². The van der Waals surface area contributed by atoms with Crippen LogP contribution in [0, 0.1) is 11.3 Å². The monoisotopic (exact) mass is 220 g/mol. The third-order valence-corrected chi connectivity index (χ3v) is 4.08. The van der Waals surface area contributed by atoms with Crippen LogP contribution < -0.4 is 0 Å². The number of hydrogen-bond acceptors (Lipinski definition) is 1. The molecule has 0 bridgehead atoms. The van der Waals surface area contributed by atoms with E-state index in [0.717, 1.165) is 11.2 Å². The molecule has 0 aromatic carbocycles. The molecule has 1 rings (SSSR count). The molecule has 0 spiro atoms. The zero-order chi connectivity index (χ0) is 8.48. The Kier molecular flexibility index (Phi) is 2.98. The van der Waals surface area contributed by atoms with Crippen LogP contribution in [-0.2, 0) is 4.74 Å². The summed E-state index contributed by atoms with van der Waals surface area (Å²) in [5, 5.41) is 1.13. The van der Waals surface area contributed by atoms with Crippen molar-refractivity contribution < 1.29 is 4.74 Å². The lowest BCUT2D eigenvalue weighted by molar-refractivity contribution is 0.0922. The fourth-order valence-corrected chi connectivity index (χ4v) is 2.74. The zero-order valence-electron chi connectivity index (χ0n) is 7.56. The molecule has 1 aliphatic carbocycles. The lowest BCUT2D eigenvalue weighted by Gasteiger charge is -2.17.